The molecule has 0 radical (unpaired) electrons. The second-order valence-corrected chi connectivity index (χ2v) is 8.46. The highest BCUT2D eigenvalue weighted by Crippen LogP contribution is 2.20. The number of carbonyl (C=O) groups is 1. The summed E-state index contributed by atoms with van der Waals surface area (Å²) in [5, 5.41) is 2.81. The third-order valence-corrected chi connectivity index (χ3v) is 5.25. The topological polar surface area (TPSA) is 75.7 Å². The zero-order valence-corrected chi connectivity index (χ0v) is 16.9. The summed E-state index contributed by atoms with van der Waals surface area (Å²) in [4.78, 5) is 12.6. The number of hydrogen-bond acceptors (Lipinski definition) is 4. The maximum absolute atomic E-state index is 12.6. The van der Waals surface area contributed by atoms with Crippen molar-refractivity contribution < 1.29 is 17.9 Å². The van der Waals surface area contributed by atoms with E-state index in [9.17, 15) is 13.2 Å². The molecule has 1 N–H and O–H groups in total. The summed E-state index contributed by atoms with van der Waals surface area (Å²) < 4.78 is 31.2. The van der Waals surface area contributed by atoms with Crippen LogP contribution in [0, 0.1) is 6.92 Å². The quantitative estimate of drug-likeness (QED) is 0.752. The van der Waals surface area contributed by atoms with Gasteiger partial charge in [0, 0.05) is 0 Å². The van der Waals surface area contributed by atoms with Gasteiger partial charge >= 0.3 is 0 Å². The molecule has 0 aliphatic rings. The van der Waals surface area contributed by atoms with Gasteiger partial charge in [0.1, 0.15) is 18.4 Å². The standard InChI is InChI=1S/C20H26N2O4S/c1-15-10-12-19(13-11-15)26-14-16(2)21-20(23)17(3)22(27(4,24)25)18-8-6-5-7-9-18/h5-13,16-17H,14H2,1-4H3,(H,21,23)/t16-,17+/m1/s1. The molecule has 2 rings (SSSR count). The Balaban J connectivity index is 2.01. The third kappa shape index (κ3) is 5.99. The Morgan fingerprint density at radius 2 is 1.67 bits per heavy atom. The molecule has 0 spiro atoms. The van der Waals surface area contributed by atoms with Crippen molar-refractivity contribution in [3.63, 3.8) is 0 Å². The average molecular weight is 391 g/mol. The van der Waals surface area contributed by atoms with E-state index in [1.54, 1.807) is 37.3 Å². The van der Waals surface area contributed by atoms with Crippen LogP contribution in [0.5, 0.6) is 5.75 Å². The van der Waals surface area contributed by atoms with E-state index in [-0.39, 0.29) is 18.6 Å². The van der Waals surface area contributed by atoms with Gasteiger partial charge in [-0.2, -0.15) is 0 Å². The first-order chi connectivity index (χ1) is 12.7. The molecule has 1 amide bonds. The summed E-state index contributed by atoms with van der Waals surface area (Å²) in [6.45, 7) is 5.66. The van der Waals surface area contributed by atoms with Crippen LogP contribution in [0.2, 0.25) is 0 Å². The average Bonchev–Trinajstić information content (AvgIpc) is 2.61. The molecule has 0 aromatic heterocycles. The Morgan fingerprint density at radius 1 is 1.07 bits per heavy atom. The Kier molecular flexibility index (Phi) is 6.85. The van der Waals surface area contributed by atoms with Crippen molar-refractivity contribution >= 4 is 21.6 Å². The highest BCUT2D eigenvalue weighted by Gasteiger charge is 2.29. The maximum atomic E-state index is 12.6. The van der Waals surface area contributed by atoms with E-state index >= 15 is 0 Å². The van der Waals surface area contributed by atoms with Gasteiger partial charge in [0.05, 0.1) is 18.0 Å². The second kappa shape index (κ2) is 8.90. The zero-order valence-electron chi connectivity index (χ0n) is 16.0. The molecule has 0 bridgehead atoms. The van der Waals surface area contributed by atoms with Crippen molar-refractivity contribution in [1.82, 2.24) is 5.32 Å². The third-order valence-electron chi connectivity index (χ3n) is 4.01. The lowest BCUT2D eigenvalue weighted by Crippen LogP contribution is -2.50. The molecule has 2 aromatic carbocycles. The molecule has 0 aliphatic carbocycles. The lowest BCUT2D eigenvalue weighted by atomic mass is 10.2. The van der Waals surface area contributed by atoms with Gasteiger partial charge in [-0.3, -0.25) is 9.10 Å². The van der Waals surface area contributed by atoms with Crippen molar-refractivity contribution in [3.05, 3.63) is 60.2 Å². The number of carbonyl (C=O) groups excluding carboxylic acids is 1. The number of hydrogen-bond donors (Lipinski definition) is 1. The van der Waals surface area contributed by atoms with Crippen molar-refractivity contribution in [2.45, 2.75) is 32.9 Å². The number of amides is 1. The molecule has 0 heterocycles. The monoisotopic (exact) mass is 390 g/mol. The zero-order chi connectivity index (χ0) is 20.0. The van der Waals surface area contributed by atoms with E-state index in [1.807, 2.05) is 38.1 Å². The molecular formula is C20H26N2O4S. The van der Waals surface area contributed by atoms with Crippen LogP contribution in [0.4, 0.5) is 5.69 Å². The van der Waals surface area contributed by atoms with E-state index in [0.29, 0.717) is 5.69 Å². The number of nitrogens with one attached hydrogen (secondary N) is 1. The van der Waals surface area contributed by atoms with Gasteiger partial charge in [0.25, 0.3) is 0 Å². The molecule has 0 aliphatic heterocycles. The van der Waals surface area contributed by atoms with Crippen molar-refractivity contribution in [3.8, 4) is 5.75 Å². The number of sulfonamides is 1. The van der Waals surface area contributed by atoms with Gasteiger partial charge in [0.2, 0.25) is 15.9 Å². The number of ether oxygens (including phenoxy) is 1. The molecule has 146 valence electrons. The number of para-hydroxylation sites is 1. The molecule has 2 aromatic rings. The first-order valence-electron chi connectivity index (χ1n) is 8.73. The number of anilines is 1. The molecule has 0 unspecified atom stereocenters. The van der Waals surface area contributed by atoms with E-state index < -0.39 is 16.1 Å². The summed E-state index contributed by atoms with van der Waals surface area (Å²) in [6.07, 6.45) is 1.09. The number of aryl methyl sites for hydroxylation is 1. The van der Waals surface area contributed by atoms with Crippen molar-refractivity contribution in [1.29, 1.82) is 0 Å². The molecule has 0 saturated carbocycles. The van der Waals surface area contributed by atoms with Gasteiger partial charge in [0.15, 0.2) is 0 Å². The highest BCUT2D eigenvalue weighted by molar-refractivity contribution is 7.92. The van der Waals surface area contributed by atoms with Crippen LogP contribution in [-0.4, -0.2) is 39.3 Å². The van der Waals surface area contributed by atoms with Crippen LogP contribution >= 0.6 is 0 Å². The number of nitrogens with zero attached hydrogens (tertiary/aromatic N) is 1. The van der Waals surface area contributed by atoms with Gasteiger partial charge in [-0.25, -0.2) is 8.42 Å². The first-order valence-corrected chi connectivity index (χ1v) is 10.6. The summed E-state index contributed by atoms with van der Waals surface area (Å²) in [5.41, 5.74) is 1.59. The largest absolute Gasteiger partial charge is 0.491 e. The van der Waals surface area contributed by atoms with E-state index in [4.69, 9.17) is 4.74 Å². The smallest absolute Gasteiger partial charge is 0.243 e. The molecule has 0 saturated heterocycles. The fraction of sp³-hybridized carbons (Fsp3) is 0.350. The van der Waals surface area contributed by atoms with Gasteiger partial charge in [-0.05, 0) is 45.0 Å². The predicted octanol–water partition coefficient (Wildman–Crippen LogP) is 2.73. The summed E-state index contributed by atoms with van der Waals surface area (Å²) >= 11 is 0. The van der Waals surface area contributed by atoms with Gasteiger partial charge < -0.3 is 10.1 Å². The lowest BCUT2D eigenvalue weighted by molar-refractivity contribution is -0.122. The maximum Gasteiger partial charge on any atom is 0.243 e. The SMILES string of the molecule is Cc1ccc(OC[C@@H](C)NC(=O)[C@H](C)N(c2ccccc2)S(C)(=O)=O)cc1. The fourth-order valence-corrected chi connectivity index (χ4v) is 3.82. The second-order valence-electron chi connectivity index (χ2n) is 6.60. The normalized spacial score (nSPS) is 13.5. The Labute approximate surface area is 161 Å². The van der Waals surface area contributed by atoms with Crippen LogP contribution in [-0.2, 0) is 14.8 Å². The Bertz CT molecular complexity index is 851. The molecule has 27 heavy (non-hydrogen) atoms. The summed E-state index contributed by atoms with van der Waals surface area (Å²) in [5.74, 6) is 0.334. The number of rotatable bonds is 8. The summed E-state index contributed by atoms with van der Waals surface area (Å²) in [7, 11) is -3.62. The highest BCUT2D eigenvalue weighted by atomic mass is 32.2. The molecule has 7 heteroatoms. The van der Waals surface area contributed by atoms with E-state index in [2.05, 4.69) is 5.32 Å². The summed E-state index contributed by atoms with van der Waals surface area (Å²) in [6, 6.07) is 15.0. The van der Waals surface area contributed by atoms with Crippen molar-refractivity contribution in [2.75, 3.05) is 17.2 Å². The minimum Gasteiger partial charge on any atom is -0.491 e. The van der Waals surface area contributed by atoms with Crippen LogP contribution in [0.15, 0.2) is 54.6 Å². The van der Waals surface area contributed by atoms with Crippen LogP contribution in [0.1, 0.15) is 19.4 Å². The van der Waals surface area contributed by atoms with E-state index in [1.165, 1.54) is 0 Å². The molecule has 6 nitrogen and oxygen atoms in total. The Hall–Kier alpha value is -2.54. The predicted molar refractivity (Wildman–Crippen MR) is 108 cm³/mol. The Morgan fingerprint density at radius 3 is 2.22 bits per heavy atom. The van der Waals surface area contributed by atoms with Crippen LogP contribution in [0.25, 0.3) is 0 Å². The molecular weight excluding hydrogens is 364 g/mol. The minimum absolute atomic E-state index is 0.279. The van der Waals surface area contributed by atoms with Crippen LogP contribution in [0.3, 0.4) is 0 Å². The van der Waals surface area contributed by atoms with Gasteiger partial charge in [-0.15, -0.1) is 0 Å². The van der Waals surface area contributed by atoms with Crippen LogP contribution < -0.4 is 14.4 Å². The minimum atomic E-state index is -3.62. The van der Waals surface area contributed by atoms with E-state index in [0.717, 1.165) is 21.9 Å². The van der Waals surface area contributed by atoms with Crippen molar-refractivity contribution in [2.24, 2.45) is 0 Å². The fourth-order valence-electron chi connectivity index (χ4n) is 2.64. The van der Waals surface area contributed by atoms with Gasteiger partial charge in [-0.1, -0.05) is 35.9 Å². The number of benzene rings is 2. The molecule has 0 fully saturated rings. The first kappa shape index (κ1) is 20.8. The molecule has 2 atom stereocenters. The lowest BCUT2D eigenvalue weighted by Gasteiger charge is -2.29.